The molecule has 0 bridgehead atoms. The minimum absolute atomic E-state index is 0.0670. The Bertz CT molecular complexity index is 844. The lowest BCUT2D eigenvalue weighted by Crippen LogP contribution is -2.28. The monoisotopic (exact) mass is 336 g/mol. The Balaban J connectivity index is 1.44. The van der Waals surface area contributed by atoms with E-state index in [1.54, 1.807) is 18.3 Å². The molecule has 3 aromatic rings. The molecule has 2 aromatic heterocycles. The molecule has 5 heteroatoms. The highest BCUT2D eigenvalue weighted by atomic mass is 19.1. The number of hydrogen-bond acceptors (Lipinski definition) is 3. The molecule has 1 aromatic carbocycles. The van der Waals surface area contributed by atoms with Crippen LogP contribution in [0, 0.1) is 5.82 Å². The number of nitrogens with one attached hydrogen (secondary N) is 1. The fourth-order valence-corrected chi connectivity index (χ4v) is 3.61. The average Bonchev–Trinajstić information content (AvgIpc) is 3.24. The first-order chi connectivity index (χ1) is 12.1. The van der Waals surface area contributed by atoms with Gasteiger partial charge in [-0.2, -0.15) is 5.10 Å². The Labute approximate surface area is 146 Å². The normalized spacial score (nSPS) is 20.9. The van der Waals surface area contributed by atoms with Crippen molar-refractivity contribution in [3.63, 3.8) is 0 Å². The van der Waals surface area contributed by atoms with E-state index in [0.29, 0.717) is 0 Å². The molecule has 0 radical (unpaired) electrons. The number of pyridine rings is 1. The summed E-state index contributed by atoms with van der Waals surface area (Å²) in [5.74, 6) is -0.179. The van der Waals surface area contributed by atoms with Crippen molar-refractivity contribution >= 4 is 0 Å². The van der Waals surface area contributed by atoms with Gasteiger partial charge in [-0.3, -0.25) is 15.0 Å². The van der Waals surface area contributed by atoms with Crippen molar-refractivity contribution in [3.05, 3.63) is 71.8 Å². The third-order valence-corrected chi connectivity index (χ3v) is 5.05. The predicted octanol–water partition coefficient (Wildman–Crippen LogP) is 3.77. The highest BCUT2D eigenvalue weighted by molar-refractivity contribution is 5.53. The minimum Gasteiger partial charge on any atom is -0.297 e. The second kappa shape index (κ2) is 6.41. The lowest BCUT2D eigenvalue weighted by Gasteiger charge is -2.25. The van der Waals surface area contributed by atoms with Gasteiger partial charge in [0.2, 0.25) is 0 Å². The molecule has 3 heterocycles. The first-order valence-electron chi connectivity index (χ1n) is 8.56. The van der Waals surface area contributed by atoms with Gasteiger partial charge in [0.05, 0.1) is 5.69 Å². The number of aromatic amines is 1. The molecule has 0 saturated carbocycles. The number of halogens is 1. The standard InChI is InChI=1S/C20H21FN4/c1-20(15-5-7-16(21)8-6-15)9-11-25(14-20)13-17-12-19(24-23-17)18-4-2-3-10-22-18/h2-8,10,12H,9,11,13-14H2,1H3,(H,23,24). The smallest absolute Gasteiger partial charge is 0.123 e. The van der Waals surface area contributed by atoms with Gasteiger partial charge in [-0.25, -0.2) is 4.39 Å². The number of H-pyrrole nitrogens is 1. The molecule has 1 atom stereocenters. The zero-order valence-electron chi connectivity index (χ0n) is 14.2. The summed E-state index contributed by atoms with van der Waals surface area (Å²) in [5.41, 5.74) is 4.11. The summed E-state index contributed by atoms with van der Waals surface area (Å²) in [6.45, 7) is 5.06. The lowest BCUT2D eigenvalue weighted by molar-refractivity contribution is 0.305. The molecule has 1 saturated heterocycles. The second-order valence-electron chi connectivity index (χ2n) is 7.02. The maximum absolute atomic E-state index is 13.2. The van der Waals surface area contributed by atoms with Gasteiger partial charge in [0.1, 0.15) is 11.5 Å². The van der Waals surface area contributed by atoms with Crippen LogP contribution in [0.2, 0.25) is 0 Å². The van der Waals surface area contributed by atoms with Gasteiger partial charge in [-0.05, 0) is 48.9 Å². The Morgan fingerprint density at radius 3 is 2.76 bits per heavy atom. The molecule has 4 nitrogen and oxygen atoms in total. The van der Waals surface area contributed by atoms with Crippen molar-refractivity contribution < 1.29 is 4.39 Å². The van der Waals surface area contributed by atoms with E-state index in [2.05, 4.69) is 33.1 Å². The fraction of sp³-hybridized carbons (Fsp3) is 0.300. The van der Waals surface area contributed by atoms with E-state index in [4.69, 9.17) is 0 Å². The van der Waals surface area contributed by atoms with Crippen molar-refractivity contribution in [1.82, 2.24) is 20.1 Å². The molecule has 25 heavy (non-hydrogen) atoms. The van der Waals surface area contributed by atoms with Crippen LogP contribution in [0.4, 0.5) is 4.39 Å². The number of aromatic nitrogens is 3. The third-order valence-electron chi connectivity index (χ3n) is 5.05. The Morgan fingerprint density at radius 2 is 2.00 bits per heavy atom. The summed E-state index contributed by atoms with van der Waals surface area (Å²) in [6, 6.07) is 14.8. The van der Waals surface area contributed by atoms with Gasteiger partial charge >= 0.3 is 0 Å². The van der Waals surface area contributed by atoms with E-state index in [1.165, 1.54) is 5.56 Å². The molecule has 128 valence electrons. The van der Waals surface area contributed by atoms with E-state index >= 15 is 0 Å². The first kappa shape index (κ1) is 16.0. The van der Waals surface area contributed by atoms with Crippen LogP contribution in [0.25, 0.3) is 11.4 Å². The van der Waals surface area contributed by atoms with Crippen LogP contribution in [-0.4, -0.2) is 33.2 Å². The summed E-state index contributed by atoms with van der Waals surface area (Å²) >= 11 is 0. The molecule has 1 aliphatic rings. The molecule has 0 aliphatic carbocycles. The van der Waals surface area contributed by atoms with Gasteiger partial charge in [0, 0.05) is 30.4 Å². The SMILES string of the molecule is CC1(c2ccc(F)cc2)CCN(Cc2cc(-c3ccccn3)n[nH]2)C1. The van der Waals surface area contributed by atoms with Gasteiger partial charge in [0.25, 0.3) is 0 Å². The summed E-state index contributed by atoms with van der Waals surface area (Å²) in [4.78, 5) is 6.75. The van der Waals surface area contributed by atoms with Crippen molar-refractivity contribution in [1.29, 1.82) is 0 Å². The van der Waals surface area contributed by atoms with Gasteiger partial charge in [0.15, 0.2) is 0 Å². The van der Waals surface area contributed by atoms with E-state index in [0.717, 1.165) is 43.1 Å². The van der Waals surface area contributed by atoms with Crippen LogP contribution < -0.4 is 0 Å². The van der Waals surface area contributed by atoms with E-state index in [-0.39, 0.29) is 11.2 Å². The zero-order chi connectivity index (χ0) is 17.3. The number of likely N-dealkylation sites (tertiary alicyclic amines) is 1. The highest BCUT2D eigenvalue weighted by Gasteiger charge is 2.35. The van der Waals surface area contributed by atoms with Crippen molar-refractivity contribution in [2.75, 3.05) is 13.1 Å². The number of nitrogens with zero attached hydrogens (tertiary/aromatic N) is 3. The van der Waals surface area contributed by atoms with Crippen molar-refractivity contribution in [2.45, 2.75) is 25.3 Å². The predicted molar refractivity (Wildman–Crippen MR) is 95.5 cm³/mol. The molecule has 0 spiro atoms. The van der Waals surface area contributed by atoms with Crippen LogP contribution in [0.15, 0.2) is 54.7 Å². The van der Waals surface area contributed by atoms with Crippen LogP contribution in [0.1, 0.15) is 24.6 Å². The van der Waals surface area contributed by atoms with Gasteiger partial charge < -0.3 is 0 Å². The zero-order valence-corrected chi connectivity index (χ0v) is 14.2. The Kier molecular flexibility index (Phi) is 4.09. The molecular formula is C20H21FN4. The molecular weight excluding hydrogens is 315 g/mol. The van der Waals surface area contributed by atoms with Crippen molar-refractivity contribution in [2.24, 2.45) is 0 Å². The van der Waals surface area contributed by atoms with E-state index < -0.39 is 0 Å². The summed E-state index contributed by atoms with van der Waals surface area (Å²) in [6.07, 6.45) is 2.85. The molecule has 4 rings (SSSR count). The molecule has 1 unspecified atom stereocenters. The first-order valence-corrected chi connectivity index (χ1v) is 8.56. The van der Waals surface area contributed by atoms with Crippen LogP contribution >= 0.6 is 0 Å². The Morgan fingerprint density at radius 1 is 1.16 bits per heavy atom. The van der Waals surface area contributed by atoms with E-state index in [9.17, 15) is 4.39 Å². The second-order valence-corrected chi connectivity index (χ2v) is 7.02. The molecule has 1 N–H and O–H groups in total. The van der Waals surface area contributed by atoms with E-state index in [1.807, 2.05) is 30.3 Å². The van der Waals surface area contributed by atoms with Crippen molar-refractivity contribution in [3.8, 4) is 11.4 Å². The molecule has 0 amide bonds. The minimum atomic E-state index is -0.179. The molecule has 1 fully saturated rings. The summed E-state index contributed by atoms with van der Waals surface area (Å²) in [7, 11) is 0. The average molecular weight is 336 g/mol. The summed E-state index contributed by atoms with van der Waals surface area (Å²) < 4.78 is 13.2. The maximum Gasteiger partial charge on any atom is 0.123 e. The largest absolute Gasteiger partial charge is 0.297 e. The van der Waals surface area contributed by atoms with Gasteiger partial charge in [-0.15, -0.1) is 0 Å². The quantitative estimate of drug-likeness (QED) is 0.789. The maximum atomic E-state index is 13.2. The van der Waals surface area contributed by atoms with Crippen LogP contribution in [0.5, 0.6) is 0 Å². The number of rotatable bonds is 4. The van der Waals surface area contributed by atoms with Gasteiger partial charge in [-0.1, -0.05) is 25.1 Å². The number of hydrogen-bond donors (Lipinski definition) is 1. The van der Waals surface area contributed by atoms with Crippen LogP contribution in [0.3, 0.4) is 0 Å². The third kappa shape index (κ3) is 3.33. The topological polar surface area (TPSA) is 44.8 Å². The Hall–Kier alpha value is -2.53. The fourth-order valence-electron chi connectivity index (χ4n) is 3.61. The molecule has 1 aliphatic heterocycles. The highest BCUT2D eigenvalue weighted by Crippen LogP contribution is 2.34. The summed E-state index contributed by atoms with van der Waals surface area (Å²) in [5, 5.41) is 7.50. The van der Waals surface area contributed by atoms with Crippen LogP contribution in [-0.2, 0) is 12.0 Å². The lowest BCUT2D eigenvalue weighted by atomic mass is 9.82. The number of benzene rings is 1.